The molecule has 1 amide bonds. The van der Waals surface area contributed by atoms with Crippen LogP contribution in [0.15, 0.2) is 24.3 Å². The number of amides is 1. The van der Waals surface area contributed by atoms with Crippen LogP contribution in [0.5, 0.6) is 0 Å². The molecule has 1 rings (SSSR count). The molecule has 0 aliphatic carbocycles. The van der Waals surface area contributed by atoms with Crippen molar-refractivity contribution in [1.29, 1.82) is 0 Å². The molecule has 0 fully saturated rings. The van der Waals surface area contributed by atoms with E-state index in [2.05, 4.69) is 19.2 Å². The summed E-state index contributed by atoms with van der Waals surface area (Å²) in [7, 11) is 0. The Kier molecular flexibility index (Phi) is 7.06. The molecule has 0 saturated carbocycles. The molecule has 1 aromatic carbocycles. The minimum Gasteiger partial charge on any atom is -0.352 e. The van der Waals surface area contributed by atoms with Crippen molar-refractivity contribution in [3.05, 3.63) is 35.4 Å². The fourth-order valence-corrected chi connectivity index (χ4v) is 2.47. The average Bonchev–Trinajstić information content (AvgIpc) is 2.45. The fourth-order valence-electron chi connectivity index (χ4n) is 2.47. The molecule has 3 N–H and O–H groups in total. The van der Waals surface area contributed by atoms with Gasteiger partial charge in [0.15, 0.2) is 0 Å². The van der Waals surface area contributed by atoms with Crippen molar-refractivity contribution >= 4 is 5.91 Å². The quantitative estimate of drug-likeness (QED) is 0.801. The molecule has 1 aromatic rings. The van der Waals surface area contributed by atoms with Crippen LogP contribution in [-0.2, 0) is 11.0 Å². The largest absolute Gasteiger partial charge is 0.416 e. The van der Waals surface area contributed by atoms with Crippen LogP contribution in [0, 0.1) is 5.92 Å². The Hall–Kier alpha value is -1.56. The molecule has 23 heavy (non-hydrogen) atoms. The molecule has 2 atom stereocenters. The Morgan fingerprint density at radius 1 is 1.17 bits per heavy atom. The number of rotatable bonds is 7. The molecular weight excluding hydrogens is 305 g/mol. The molecule has 0 bridgehead atoms. The number of hydrogen-bond donors (Lipinski definition) is 2. The van der Waals surface area contributed by atoms with E-state index in [0.717, 1.165) is 18.6 Å². The third-order valence-electron chi connectivity index (χ3n) is 3.70. The van der Waals surface area contributed by atoms with Crippen LogP contribution in [0.1, 0.15) is 50.7 Å². The van der Waals surface area contributed by atoms with Crippen molar-refractivity contribution in [2.45, 2.75) is 51.7 Å². The summed E-state index contributed by atoms with van der Waals surface area (Å²) in [6.07, 6.45) is -3.32. The second-order valence-electron chi connectivity index (χ2n) is 6.35. The summed E-state index contributed by atoms with van der Waals surface area (Å²) >= 11 is 0. The summed E-state index contributed by atoms with van der Waals surface area (Å²) in [5.41, 5.74) is 5.67. The van der Waals surface area contributed by atoms with Crippen molar-refractivity contribution in [2.75, 3.05) is 6.54 Å². The number of carbonyl (C=O) groups is 1. The van der Waals surface area contributed by atoms with Gasteiger partial charge in [-0.05, 0) is 36.0 Å². The molecule has 3 nitrogen and oxygen atoms in total. The van der Waals surface area contributed by atoms with Crippen LogP contribution in [0.2, 0.25) is 0 Å². The highest BCUT2D eigenvalue weighted by Crippen LogP contribution is 2.30. The van der Waals surface area contributed by atoms with Crippen molar-refractivity contribution in [3.8, 4) is 0 Å². The topological polar surface area (TPSA) is 55.1 Å². The van der Waals surface area contributed by atoms with E-state index in [-0.39, 0.29) is 24.3 Å². The standard InChI is InChI=1S/C17H25F3N2O/c1-11(2)8-15(10-21)22-16(23)9-12(3)13-4-6-14(7-5-13)17(18,19)20/h4-7,11-12,15H,8-10,21H2,1-3H3,(H,22,23). The predicted octanol–water partition coefficient (Wildman–Crippen LogP) is 3.69. The Labute approximate surface area is 135 Å². The minimum absolute atomic E-state index is 0.0673. The molecular formula is C17H25F3N2O. The maximum absolute atomic E-state index is 12.5. The first-order chi connectivity index (χ1) is 10.6. The van der Waals surface area contributed by atoms with Gasteiger partial charge in [0.1, 0.15) is 0 Å². The molecule has 0 aliphatic heterocycles. The number of alkyl halides is 3. The van der Waals surface area contributed by atoms with E-state index in [9.17, 15) is 18.0 Å². The molecule has 2 unspecified atom stereocenters. The van der Waals surface area contributed by atoms with Gasteiger partial charge in [0.25, 0.3) is 0 Å². The van der Waals surface area contributed by atoms with Crippen LogP contribution >= 0.6 is 0 Å². The van der Waals surface area contributed by atoms with E-state index < -0.39 is 11.7 Å². The minimum atomic E-state index is -4.34. The van der Waals surface area contributed by atoms with Gasteiger partial charge in [-0.25, -0.2) is 0 Å². The van der Waals surface area contributed by atoms with E-state index in [1.54, 1.807) is 0 Å². The Morgan fingerprint density at radius 2 is 1.74 bits per heavy atom. The molecule has 0 saturated heterocycles. The molecule has 130 valence electrons. The van der Waals surface area contributed by atoms with Gasteiger partial charge in [-0.15, -0.1) is 0 Å². The van der Waals surface area contributed by atoms with Gasteiger partial charge in [-0.3, -0.25) is 4.79 Å². The third kappa shape index (κ3) is 6.60. The number of nitrogens with two attached hydrogens (primary N) is 1. The highest BCUT2D eigenvalue weighted by atomic mass is 19.4. The first-order valence-electron chi connectivity index (χ1n) is 7.80. The summed E-state index contributed by atoms with van der Waals surface area (Å²) in [5, 5.41) is 2.89. The first kappa shape index (κ1) is 19.5. The lowest BCUT2D eigenvalue weighted by atomic mass is 9.96. The average molecular weight is 330 g/mol. The van der Waals surface area contributed by atoms with Crippen LogP contribution in [0.4, 0.5) is 13.2 Å². The number of nitrogens with one attached hydrogen (secondary N) is 1. The summed E-state index contributed by atoms with van der Waals surface area (Å²) in [6, 6.07) is 4.88. The van der Waals surface area contributed by atoms with E-state index in [1.165, 1.54) is 12.1 Å². The maximum Gasteiger partial charge on any atom is 0.416 e. The maximum atomic E-state index is 12.5. The second kappa shape index (κ2) is 8.34. The van der Waals surface area contributed by atoms with E-state index in [0.29, 0.717) is 18.0 Å². The van der Waals surface area contributed by atoms with Crippen molar-refractivity contribution in [2.24, 2.45) is 11.7 Å². The fraction of sp³-hybridized carbons (Fsp3) is 0.588. The van der Waals surface area contributed by atoms with E-state index >= 15 is 0 Å². The van der Waals surface area contributed by atoms with Crippen LogP contribution in [-0.4, -0.2) is 18.5 Å². The molecule has 6 heteroatoms. The van der Waals surface area contributed by atoms with Gasteiger partial charge in [0, 0.05) is 19.0 Å². The summed E-state index contributed by atoms with van der Waals surface area (Å²) in [5.74, 6) is 0.138. The Balaban J connectivity index is 2.61. The van der Waals surface area contributed by atoms with E-state index in [4.69, 9.17) is 5.73 Å². The Bertz CT molecular complexity index is 498. The monoisotopic (exact) mass is 330 g/mol. The van der Waals surface area contributed by atoms with Gasteiger partial charge >= 0.3 is 6.18 Å². The molecule has 0 heterocycles. The van der Waals surface area contributed by atoms with Crippen LogP contribution in [0.3, 0.4) is 0 Å². The molecule has 0 aromatic heterocycles. The zero-order chi connectivity index (χ0) is 17.6. The smallest absolute Gasteiger partial charge is 0.352 e. The SMILES string of the molecule is CC(C)CC(CN)NC(=O)CC(C)c1ccc(C(F)(F)F)cc1. The number of carbonyl (C=O) groups excluding carboxylic acids is 1. The summed E-state index contributed by atoms with van der Waals surface area (Å²) in [4.78, 5) is 12.1. The lowest BCUT2D eigenvalue weighted by Crippen LogP contribution is -2.41. The third-order valence-corrected chi connectivity index (χ3v) is 3.70. The molecule has 0 spiro atoms. The number of hydrogen-bond acceptors (Lipinski definition) is 2. The van der Waals surface area contributed by atoms with Crippen molar-refractivity contribution in [3.63, 3.8) is 0 Å². The number of benzene rings is 1. The zero-order valence-electron chi connectivity index (χ0n) is 13.8. The molecule has 0 radical (unpaired) electrons. The highest BCUT2D eigenvalue weighted by molar-refractivity contribution is 5.77. The van der Waals surface area contributed by atoms with E-state index in [1.807, 2.05) is 6.92 Å². The van der Waals surface area contributed by atoms with Gasteiger partial charge < -0.3 is 11.1 Å². The van der Waals surface area contributed by atoms with Crippen molar-refractivity contribution < 1.29 is 18.0 Å². The predicted molar refractivity (Wildman–Crippen MR) is 84.9 cm³/mol. The summed E-state index contributed by atoms with van der Waals surface area (Å²) < 4.78 is 37.6. The normalized spacial score (nSPS) is 14.6. The highest BCUT2D eigenvalue weighted by Gasteiger charge is 2.30. The van der Waals surface area contributed by atoms with Crippen LogP contribution in [0.25, 0.3) is 0 Å². The van der Waals surface area contributed by atoms with Gasteiger partial charge in [-0.1, -0.05) is 32.9 Å². The van der Waals surface area contributed by atoms with Crippen LogP contribution < -0.4 is 11.1 Å². The van der Waals surface area contributed by atoms with Gasteiger partial charge in [0.05, 0.1) is 5.56 Å². The lowest BCUT2D eigenvalue weighted by molar-refractivity contribution is -0.137. The summed E-state index contributed by atoms with van der Waals surface area (Å²) in [6.45, 7) is 6.31. The van der Waals surface area contributed by atoms with Crippen molar-refractivity contribution in [1.82, 2.24) is 5.32 Å². The number of halogens is 3. The lowest BCUT2D eigenvalue weighted by Gasteiger charge is -2.20. The van der Waals surface area contributed by atoms with Gasteiger partial charge in [0.2, 0.25) is 5.91 Å². The zero-order valence-corrected chi connectivity index (χ0v) is 13.8. The first-order valence-corrected chi connectivity index (χ1v) is 7.80. The molecule has 0 aliphatic rings. The Morgan fingerprint density at radius 3 is 2.17 bits per heavy atom. The van der Waals surface area contributed by atoms with Gasteiger partial charge in [-0.2, -0.15) is 13.2 Å². The second-order valence-corrected chi connectivity index (χ2v) is 6.35.